The summed E-state index contributed by atoms with van der Waals surface area (Å²) in [6.07, 6.45) is 7.76. The third kappa shape index (κ3) is 2.49. The van der Waals surface area contributed by atoms with Gasteiger partial charge in [-0.2, -0.15) is 0 Å². The first-order valence-corrected chi connectivity index (χ1v) is 4.49. The Morgan fingerprint density at radius 3 is 2.43 bits per heavy atom. The van der Waals surface area contributed by atoms with Gasteiger partial charge in [-0.25, -0.2) is 0 Å². The van der Waals surface area contributed by atoms with E-state index in [-0.39, 0.29) is 0 Å². The summed E-state index contributed by atoms with van der Waals surface area (Å²) in [5, 5.41) is 8.36. The summed E-state index contributed by atoms with van der Waals surface area (Å²) in [4.78, 5) is 21.3. The highest BCUT2D eigenvalue weighted by Crippen LogP contribution is 2.32. The quantitative estimate of drug-likeness (QED) is 0.414. The van der Waals surface area contributed by atoms with E-state index in [1.165, 1.54) is 0 Å². The molecule has 0 aromatic heterocycles. The van der Waals surface area contributed by atoms with Crippen molar-refractivity contribution >= 4 is 11.9 Å². The van der Waals surface area contributed by atoms with Crippen LogP contribution in [0.25, 0.3) is 0 Å². The molecule has 1 rings (SSSR count). The first-order chi connectivity index (χ1) is 6.58. The van der Waals surface area contributed by atoms with Crippen LogP contribution in [0.2, 0.25) is 0 Å². The second-order valence-corrected chi connectivity index (χ2v) is 3.39. The minimum absolute atomic E-state index is 0.622. The van der Waals surface area contributed by atoms with Crippen LogP contribution in [-0.4, -0.2) is 22.6 Å². The standard InChI is InChI=1S/C10H12O4/c1-2-10(5-3-4-6-10)14-9(13)7-8(11)12/h1H,3-7H2,(H,11,12). The third-order valence-corrected chi connectivity index (χ3v) is 2.28. The average Bonchev–Trinajstić information content (AvgIpc) is 2.52. The lowest BCUT2D eigenvalue weighted by molar-refractivity contribution is -0.158. The molecule has 0 saturated heterocycles. The first kappa shape index (κ1) is 10.6. The first-order valence-electron chi connectivity index (χ1n) is 4.49. The van der Waals surface area contributed by atoms with Crippen LogP contribution in [0.4, 0.5) is 0 Å². The van der Waals surface area contributed by atoms with Crippen molar-refractivity contribution in [2.24, 2.45) is 0 Å². The molecule has 4 heteroatoms. The minimum atomic E-state index is -1.19. The van der Waals surface area contributed by atoms with Gasteiger partial charge in [0.05, 0.1) is 0 Å². The number of aliphatic carboxylic acids is 1. The maximum Gasteiger partial charge on any atom is 0.318 e. The van der Waals surface area contributed by atoms with Gasteiger partial charge in [0.25, 0.3) is 0 Å². The van der Waals surface area contributed by atoms with Crippen molar-refractivity contribution in [3.63, 3.8) is 0 Å². The number of carbonyl (C=O) groups excluding carboxylic acids is 1. The highest BCUT2D eigenvalue weighted by molar-refractivity contribution is 5.90. The molecule has 1 N–H and O–H groups in total. The summed E-state index contributed by atoms with van der Waals surface area (Å²) in [6, 6.07) is 0. The van der Waals surface area contributed by atoms with Crippen molar-refractivity contribution in [2.75, 3.05) is 0 Å². The van der Waals surface area contributed by atoms with Gasteiger partial charge in [-0.15, -0.1) is 6.42 Å². The predicted molar refractivity (Wildman–Crippen MR) is 48.4 cm³/mol. The number of terminal acetylenes is 1. The lowest BCUT2D eigenvalue weighted by Gasteiger charge is -2.22. The number of carbonyl (C=O) groups is 2. The number of rotatable bonds is 3. The van der Waals surface area contributed by atoms with Crippen LogP contribution in [0, 0.1) is 12.3 Å². The fourth-order valence-corrected chi connectivity index (χ4v) is 1.60. The fourth-order valence-electron chi connectivity index (χ4n) is 1.60. The van der Waals surface area contributed by atoms with Crippen LogP contribution in [0.1, 0.15) is 32.1 Å². The molecule has 0 aromatic rings. The van der Waals surface area contributed by atoms with Crippen LogP contribution in [0.15, 0.2) is 0 Å². The van der Waals surface area contributed by atoms with Crippen LogP contribution in [0.5, 0.6) is 0 Å². The summed E-state index contributed by atoms with van der Waals surface area (Å²) >= 11 is 0. The maximum absolute atomic E-state index is 11.1. The monoisotopic (exact) mass is 196 g/mol. The number of carboxylic acids is 1. The molecular formula is C10H12O4. The molecule has 0 atom stereocenters. The third-order valence-electron chi connectivity index (χ3n) is 2.28. The zero-order chi connectivity index (χ0) is 10.6. The number of carboxylic acid groups (broad SMARTS) is 1. The highest BCUT2D eigenvalue weighted by Gasteiger charge is 2.35. The Morgan fingerprint density at radius 1 is 1.43 bits per heavy atom. The molecule has 0 bridgehead atoms. The maximum atomic E-state index is 11.1. The molecule has 0 aromatic carbocycles. The van der Waals surface area contributed by atoms with Crippen LogP contribution in [-0.2, 0) is 14.3 Å². The molecule has 0 radical (unpaired) electrons. The number of hydrogen-bond acceptors (Lipinski definition) is 3. The molecule has 1 saturated carbocycles. The topological polar surface area (TPSA) is 63.6 Å². The van der Waals surface area contributed by atoms with E-state index in [9.17, 15) is 9.59 Å². The van der Waals surface area contributed by atoms with E-state index >= 15 is 0 Å². The normalized spacial score (nSPS) is 18.5. The van der Waals surface area contributed by atoms with E-state index < -0.39 is 24.0 Å². The highest BCUT2D eigenvalue weighted by atomic mass is 16.6. The van der Waals surface area contributed by atoms with E-state index in [0.717, 1.165) is 12.8 Å². The zero-order valence-electron chi connectivity index (χ0n) is 7.78. The fraction of sp³-hybridized carbons (Fsp3) is 0.600. The number of esters is 1. The van der Waals surface area contributed by atoms with Crippen molar-refractivity contribution < 1.29 is 19.4 Å². The summed E-state index contributed by atoms with van der Waals surface area (Å²) in [5.74, 6) is 0.499. The van der Waals surface area contributed by atoms with Gasteiger partial charge in [-0.05, 0) is 25.7 Å². The Bertz CT molecular complexity index is 281. The summed E-state index contributed by atoms with van der Waals surface area (Å²) in [7, 11) is 0. The molecule has 1 aliphatic rings. The molecule has 0 amide bonds. The van der Waals surface area contributed by atoms with Crippen LogP contribution in [0.3, 0.4) is 0 Å². The van der Waals surface area contributed by atoms with E-state index in [4.69, 9.17) is 16.3 Å². The van der Waals surface area contributed by atoms with E-state index in [1.54, 1.807) is 0 Å². The molecular weight excluding hydrogens is 184 g/mol. The van der Waals surface area contributed by atoms with Crippen molar-refractivity contribution in [2.45, 2.75) is 37.7 Å². The van der Waals surface area contributed by atoms with Gasteiger partial charge in [-0.3, -0.25) is 9.59 Å². The molecule has 0 aliphatic heterocycles. The molecule has 0 spiro atoms. The summed E-state index contributed by atoms with van der Waals surface area (Å²) in [6.45, 7) is 0. The number of hydrogen-bond donors (Lipinski definition) is 1. The Labute approximate surface area is 82.2 Å². The van der Waals surface area contributed by atoms with Crippen molar-refractivity contribution in [3.8, 4) is 12.3 Å². The smallest absolute Gasteiger partial charge is 0.318 e. The molecule has 0 unspecified atom stereocenters. The van der Waals surface area contributed by atoms with Crippen molar-refractivity contribution in [3.05, 3.63) is 0 Å². The van der Waals surface area contributed by atoms with Gasteiger partial charge >= 0.3 is 11.9 Å². The summed E-state index contributed by atoms with van der Waals surface area (Å²) < 4.78 is 5.00. The SMILES string of the molecule is C#CC1(OC(=O)CC(=O)O)CCCC1. The van der Waals surface area contributed by atoms with Crippen molar-refractivity contribution in [1.82, 2.24) is 0 Å². The molecule has 1 fully saturated rings. The van der Waals surface area contributed by atoms with Crippen LogP contribution < -0.4 is 0 Å². The predicted octanol–water partition coefficient (Wildman–Crippen LogP) is 0.950. The van der Waals surface area contributed by atoms with Crippen LogP contribution >= 0.6 is 0 Å². The Morgan fingerprint density at radius 2 is 2.00 bits per heavy atom. The Kier molecular flexibility index (Phi) is 3.13. The van der Waals surface area contributed by atoms with Gasteiger partial charge in [0.1, 0.15) is 6.42 Å². The minimum Gasteiger partial charge on any atom is -0.481 e. The molecule has 1 aliphatic carbocycles. The summed E-state index contributed by atoms with van der Waals surface area (Å²) in [5.41, 5.74) is -0.841. The van der Waals surface area contributed by atoms with Gasteiger partial charge in [0.2, 0.25) is 0 Å². The lowest BCUT2D eigenvalue weighted by Crippen LogP contribution is -2.30. The van der Waals surface area contributed by atoms with E-state index in [1.807, 2.05) is 0 Å². The molecule has 0 heterocycles. The van der Waals surface area contributed by atoms with Gasteiger partial charge < -0.3 is 9.84 Å². The van der Waals surface area contributed by atoms with Gasteiger partial charge in [-0.1, -0.05) is 5.92 Å². The van der Waals surface area contributed by atoms with Gasteiger partial charge in [0.15, 0.2) is 5.60 Å². The molecule has 76 valence electrons. The Hall–Kier alpha value is -1.50. The van der Waals surface area contributed by atoms with E-state index in [2.05, 4.69) is 5.92 Å². The number of ether oxygens (including phenoxy) is 1. The molecule has 14 heavy (non-hydrogen) atoms. The van der Waals surface area contributed by atoms with E-state index in [0.29, 0.717) is 12.8 Å². The average molecular weight is 196 g/mol. The lowest BCUT2D eigenvalue weighted by atomic mass is 10.0. The van der Waals surface area contributed by atoms with Gasteiger partial charge in [0, 0.05) is 0 Å². The zero-order valence-corrected chi connectivity index (χ0v) is 7.78. The Balaban J connectivity index is 2.53. The largest absolute Gasteiger partial charge is 0.481 e. The second-order valence-electron chi connectivity index (χ2n) is 3.39. The second kappa shape index (κ2) is 4.14. The van der Waals surface area contributed by atoms with Crippen molar-refractivity contribution in [1.29, 1.82) is 0 Å². The molecule has 4 nitrogen and oxygen atoms in total.